The van der Waals surface area contributed by atoms with Crippen LogP contribution in [0.2, 0.25) is 15.1 Å². The molecule has 18 heavy (non-hydrogen) atoms. The predicted octanol–water partition coefficient (Wildman–Crippen LogP) is 2.19. The molecule has 1 heterocycles. The van der Waals surface area contributed by atoms with Crippen LogP contribution >= 0.6 is 34.8 Å². The van der Waals surface area contributed by atoms with Gasteiger partial charge in [-0.25, -0.2) is 9.36 Å². The highest BCUT2D eigenvalue weighted by Gasteiger charge is 2.15. The van der Waals surface area contributed by atoms with E-state index in [1.54, 1.807) is 0 Å². The molecule has 0 fully saturated rings. The maximum Gasteiger partial charge on any atom is 0.335 e. The lowest BCUT2D eigenvalue weighted by Crippen LogP contribution is -2.28. The van der Waals surface area contributed by atoms with Crippen LogP contribution in [0.3, 0.4) is 0 Å². The topological polar surface area (TPSA) is 75.1 Å². The third-order valence-corrected chi connectivity index (χ3v) is 2.92. The van der Waals surface area contributed by atoms with Gasteiger partial charge in [0.2, 0.25) is 5.88 Å². The van der Waals surface area contributed by atoms with Gasteiger partial charge in [-0.3, -0.25) is 9.78 Å². The van der Waals surface area contributed by atoms with Gasteiger partial charge in [-0.1, -0.05) is 34.8 Å². The summed E-state index contributed by atoms with van der Waals surface area (Å²) >= 11 is 17.6. The normalized spacial score (nSPS) is 10.6. The fourth-order valence-electron chi connectivity index (χ4n) is 1.45. The number of halogens is 3. The molecule has 0 spiro atoms. The van der Waals surface area contributed by atoms with Crippen molar-refractivity contribution in [3.05, 3.63) is 54.1 Å². The Labute approximate surface area is 115 Å². The Hall–Kier alpha value is -1.43. The van der Waals surface area contributed by atoms with E-state index in [-0.39, 0.29) is 20.8 Å². The van der Waals surface area contributed by atoms with Crippen molar-refractivity contribution in [3.63, 3.8) is 0 Å². The van der Waals surface area contributed by atoms with Crippen LogP contribution < -0.4 is 11.2 Å². The van der Waals surface area contributed by atoms with Crippen LogP contribution in [0.15, 0.2) is 27.8 Å². The Morgan fingerprint density at radius 2 is 1.61 bits per heavy atom. The molecule has 94 valence electrons. The van der Waals surface area contributed by atoms with Crippen LogP contribution in [0.25, 0.3) is 5.69 Å². The number of benzene rings is 1. The molecule has 0 aliphatic heterocycles. The maximum atomic E-state index is 11.6. The average Bonchev–Trinajstić information content (AvgIpc) is 2.20. The van der Waals surface area contributed by atoms with Gasteiger partial charge in [0.05, 0.1) is 21.8 Å². The molecule has 0 bridgehead atoms. The van der Waals surface area contributed by atoms with Crippen LogP contribution in [-0.2, 0) is 0 Å². The summed E-state index contributed by atoms with van der Waals surface area (Å²) in [7, 11) is 0. The number of aromatic hydroxyl groups is 1. The van der Waals surface area contributed by atoms with E-state index in [0.29, 0.717) is 0 Å². The number of rotatable bonds is 1. The molecule has 0 unspecified atom stereocenters. The van der Waals surface area contributed by atoms with Gasteiger partial charge < -0.3 is 5.11 Å². The molecular weight excluding hydrogens is 302 g/mol. The second-order valence-electron chi connectivity index (χ2n) is 3.35. The number of aromatic nitrogens is 2. The molecule has 2 N–H and O–H groups in total. The number of nitrogens with zero attached hydrogens (tertiary/aromatic N) is 1. The lowest BCUT2D eigenvalue weighted by Gasteiger charge is -2.11. The summed E-state index contributed by atoms with van der Waals surface area (Å²) in [5.41, 5.74) is -1.54. The van der Waals surface area contributed by atoms with Gasteiger partial charge >= 0.3 is 5.69 Å². The zero-order valence-electron chi connectivity index (χ0n) is 8.58. The molecule has 0 amide bonds. The Morgan fingerprint density at radius 1 is 1.06 bits per heavy atom. The summed E-state index contributed by atoms with van der Waals surface area (Å²) in [6.07, 6.45) is 0. The lowest BCUT2D eigenvalue weighted by atomic mass is 10.3. The number of hydrogen-bond acceptors (Lipinski definition) is 3. The van der Waals surface area contributed by atoms with Crippen molar-refractivity contribution in [2.24, 2.45) is 0 Å². The van der Waals surface area contributed by atoms with Gasteiger partial charge in [0, 0.05) is 5.02 Å². The van der Waals surface area contributed by atoms with Crippen molar-refractivity contribution in [1.29, 1.82) is 0 Å². The van der Waals surface area contributed by atoms with E-state index in [9.17, 15) is 14.7 Å². The fraction of sp³-hybridized carbons (Fsp3) is 0. The summed E-state index contributed by atoms with van der Waals surface area (Å²) in [4.78, 5) is 24.6. The zero-order chi connectivity index (χ0) is 13.4. The largest absolute Gasteiger partial charge is 0.494 e. The molecule has 2 aromatic rings. The van der Waals surface area contributed by atoms with Crippen molar-refractivity contribution >= 4 is 34.8 Å². The summed E-state index contributed by atoms with van der Waals surface area (Å²) in [6, 6.07) is 3.56. The standard InChI is InChI=1S/C10H5Cl3N2O3/c11-4-1-5(12)9(6(13)2-4)15-8(17)3-7(16)14-10(15)18/h1-3,17H,(H,14,16,18). The highest BCUT2D eigenvalue weighted by Crippen LogP contribution is 2.32. The molecule has 0 aliphatic carbocycles. The summed E-state index contributed by atoms with van der Waals surface area (Å²) < 4.78 is 0.780. The predicted molar refractivity (Wildman–Crippen MR) is 69.4 cm³/mol. The van der Waals surface area contributed by atoms with Gasteiger partial charge in [0.1, 0.15) is 0 Å². The smallest absolute Gasteiger partial charge is 0.335 e. The number of hydrogen-bond donors (Lipinski definition) is 2. The van der Waals surface area contributed by atoms with Gasteiger partial charge in [-0.2, -0.15) is 0 Å². The molecule has 0 saturated carbocycles. The fourth-order valence-corrected chi connectivity index (χ4v) is 2.43. The van der Waals surface area contributed by atoms with Crippen molar-refractivity contribution in [2.75, 3.05) is 0 Å². The van der Waals surface area contributed by atoms with Gasteiger partial charge in [0.15, 0.2) is 0 Å². The first kappa shape index (κ1) is 13.0. The van der Waals surface area contributed by atoms with Crippen molar-refractivity contribution in [2.45, 2.75) is 0 Å². The van der Waals surface area contributed by atoms with Crippen LogP contribution in [0.4, 0.5) is 0 Å². The Morgan fingerprint density at radius 3 is 2.11 bits per heavy atom. The molecule has 2 rings (SSSR count). The zero-order valence-corrected chi connectivity index (χ0v) is 10.8. The minimum atomic E-state index is -0.855. The van der Waals surface area contributed by atoms with E-state index >= 15 is 0 Å². The molecule has 1 aromatic carbocycles. The quantitative estimate of drug-likeness (QED) is 0.848. The Kier molecular flexibility index (Phi) is 3.38. The van der Waals surface area contributed by atoms with Crippen LogP contribution in [0, 0.1) is 0 Å². The van der Waals surface area contributed by atoms with E-state index in [2.05, 4.69) is 0 Å². The molecule has 0 saturated heterocycles. The van der Waals surface area contributed by atoms with E-state index in [4.69, 9.17) is 34.8 Å². The average molecular weight is 308 g/mol. The van der Waals surface area contributed by atoms with Gasteiger partial charge in [-0.15, -0.1) is 0 Å². The maximum absolute atomic E-state index is 11.6. The first-order chi connectivity index (χ1) is 8.40. The molecule has 0 atom stereocenters. The molecular formula is C10H5Cl3N2O3. The highest BCUT2D eigenvalue weighted by atomic mass is 35.5. The van der Waals surface area contributed by atoms with E-state index in [0.717, 1.165) is 10.6 Å². The first-order valence-electron chi connectivity index (χ1n) is 4.60. The van der Waals surface area contributed by atoms with Crippen LogP contribution in [0.1, 0.15) is 0 Å². The van der Waals surface area contributed by atoms with E-state index < -0.39 is 17.1 Å². The molecule has 1 aromatic heterocycles. The third kappa shape index (κ3) is 2.25. The monoisotopic (exact) mass is 306 g/mol. The molecule has 0 aliphatic rings. The van der Waals surface area contributed by atoms with Crippen molar-refractivity contribution in [1.82, 2.24) is 9.55 Å². The second kappa shape index (κ2) is 4.68. The number of H-pyrrole nitrogens is 1. The second-order valence-corrected chi connectivity index (χ2v) is 4.60. The Bertz CT molecular complexity index is 713. The summed E-state index contributed by atoms with van der Waals surface area (Å²) in [6.45, 7) is 0. The lowest BCUT2D eigenvalue weighted by molar-refractivity contribution is 0.431. The first-order valence-corrected chi connectivity index (χ1v) is 5.74. The van der Waals surface area contributed by atoms with E-state index in [1.165, 1.54) is 12.1 Å². The highest BCUT2D eigenvalue weighted by molar-refractivity contribution is 6.40. The summed E-state index contributed by atoms with van der Waals surface area (Å²) in [5.74, 6) is -0.574. The van der Waals surface area contributed by atoms with Gasteiger partial charge in [-0.05, 0) is 12.1 Å². The third-order valence-electron chi connectivity index (χ3n) is 2.13. The number of nitrogens with one attached hydrogen (secondary N) is 1. The van der Waals surface area contributed by atoms with Crippen molar-refractivity contribution in [3.8, 4) is 11.6 Å². The van der Waals surface area contributed by atoms with Crippen LogP contribution in [0.5, 0.6) is 5.88 Å². The van der Waals surface area contributed by atoms with Crippen LogP contribution in [-0.4, -0.2) is 14.7 Å². The number of aromatic amines is 1. The SMILES string of the molecule is O=c1cc(O)n(-c2c(Cl)cc(Cl)cc2Cl)c(=O)[nH]1. The van der Waals surface area contributed by atoms with Crippen molar-refractivity contribution < 1.29 is 5.11 Å². The summed E-state index contributed by atoms with van der Waals surface area (Å²) in [5, 5.41) is 10.1. The Balaban J connectivity index is 2.86. The molecule has 8 heteroatoms. The minimum absolute atomic E-state index is 0.0430. The minimum Gasteiger partial charge on any atom is -0.494 e. The molecule has 5 nitrogen and oxygen atoms in total. The molecule has 0 radical (unpaired) electrons. The van der Waals surface area contributed by atoms with Gasteiger partial charge in [0.25, 0.3) is 5.56 Å². The van der Waals surface area contributed by atoms with E-state index in [1.807, 2.05) is 4.98 Å².